The van der Waals surface area contributed by atoms with Gasteiger partial charge in [0, 0.05) is 0 Å². The van der Waals surface area contributed by atoms with Crippen LogP contribution in [0.2, 0.25) is 0 Å². The van der Waals surface area contributed by atoms with E-state index in [1.165, 1.54) is 24.3 Å². The summed E-state index contributed by atoms with van der Waals surface area (Å²) in [6, 6.07) is 16.1. The highest BCUT2D eigenvalue weighted by atomic mass is 32.2. The average Bonchev–Trinajstić information content (AvgIpc) is 2.63. The van der Waals surface area contributed by atoms with Crippen LogP contribution in [0.1, 0.15) is 5.56 Å². The first-order valence-electron chi connectivity index (χ1n) is 7.42. The molecule has 0 radical (unpaired) electrons. The van der Waals surface area contributed by atoms with E-state index in [0.717, 1.165) is 12.1 Å². The molecule has 0 amide bonds. The Hall–Kier alpha value is -3.08. The summed E-state index contributed by atoms with van der Waals surface area (Å²) in [4.78, 5) is -0.0799. The molecule has 0 aliphatic rings. The van der Waals surface area contributed by atoms with Gasteiger partial charge >= 0.3 is 0 Å². The molecule has 0 aliphatic heterocycles. The molecule has 2 N–H and O–H groups in total. The lowest BCUT2D eigenvalue weighted by atomic mass is 9.94. The molecular weight excluding hydrogens is 358 g/mol. The topological polar surface area (TPSA) is 83.9 Å². The van der Waals surface area contributed by atoms with E-state index in [-0.39, 0.29) is 4.90 Å². The van der Waals surface area contributed by atoms with Crippen LogP contribution in [-0.4, -0.2) is 8.42 Å². The van der Waals surface area contributed by atoms with Crippen molar-refractivity contribution >= 4 is 10.0 Å². The van der Waals surface area contributed by atoms with Gasteiger partial charge in [0.2, 0.25) is 10.0 Å². The summed E-state index contributed by atoms with van der Waals surface area (Å²) in [5.74, 6) is -2.03. The van der Waals surface area contributed by atoms with Gasteiger partial charge in [0.15, 0.2) is 11.6 Å². The van der Waals surface area contributed by atoms with Gasteiger partial charge < -0.3 is 0 Å². The fraction of sp³-hybridized carbons (Fsp3) is 0. The Morgan fingerprint density at radius 3 is 1.62 bits per heavy atom. The quantitative estimate of drug-likeness (QED) is 0.761. The fourth-order valence-corrected chi connectivity index (χ4v) is 3.09. The van der Waals surface area contributed by atoms with E-state index in [0.29, 0.717) is 27.8 Å². The molecular formula is C19H12F2N2O2S. The van der Waals surface area contributed by atoms with Gasteiger partial charge in [-0.05, 0) is 58.7 Å². The summed E-state index contributed by atoms with van der Waals surface area (Å²) in [5, 5.41) is 14.0. The van der Waals surface area contributed by atoms with E-state index in [4.69, 9.17) is 10.4 Å². The van der Waals surface area contributed by atoms with Gasteiger partial charge in [-0.25, -0.2) is 22.3 Å². The summed E-state index contributed by atoms with van der Waals surface area (Å²) in [6.45, 7) is 0. The number of rotatable bonds is 3. The molecule has 3 rings (SSSR count). The zero-order chi connectivity index (χ0) is 18.9. The van der Waals surface area contributed by atoms with E-state index in [1.54, 1.807) is 24.3 Å². The molecule has 7 heteroatoms. The van der Waals surface area contributed by atoms with Crippen molar-refractivity contribution in [3.8, 4) is 28.3 Å². The second kappa shape index (κ2) is 6.67. The monoisotopic (exact) mass is 370 g/mol. The third kappa shape index (κ3) is 3.47. The maximum Gasteiger partial charge on any atom is 0.238 e. The Balaban J connectivity index is 2.17. The minimum atomic E-state index is -3.85. The van der Waals surface area contributed by atoms with Crippen LogP contribution < -0.4 is 5.14 Å². The standard InChI is InChI=1S/C19H12F2N2O2S/c20-18-9-16(13-3-1-12(11-22)2-4-13)17(10-19(18)21)14-5-7-15(8-6-14)26(23,24)25/h1-10H,(H2,23,24,25). The van der Waals surface area contributed by atoms with E-state index < -0.39 is 21.7 Å². The molecule has 0 spiro atoms. The Morgan fingerprint density at radius 2 is 1.23 bits per heavy atom. The number of nitriles is 1. The number of nitrogens with zero attached hydrogens (tertiary/aromatic N) is 1. The van der Waals surface area contributed by atoms with Crippen LogP contribution in [0.15, 0.2) is 65.6 Å². The normalized spacial score (nSPS) is 11.2. The number of primary sulfonamides is 1. The zero-order valence-electron chi connectivity index (χ0n) is 13.3. The highest BCUT2D eigenvalue weighted by Crippen LogP contribution is 2.34. The summed E-state index contributed by atoms with van der Waals surface area (Å²) >= 11 is 0. The molecule has 0 saturated carbocycles. The zero-order valence-corrected chi connectivity index (χ0v) is 14.1. The van der Waals surface area contributed by atoms with Gasteiger partial charge in [0.1, 0.15) is 0 Å². The summed E-state index contributed by atoms with van der Waals surface area (Å²) in [7, 11) is -3.85. The number of hydrogen-bond acceptors (Lipinski definition) is 3. The Morgan fingerprint density at radius 1 is 0.808 bits per heavy atom. The number of hydrogen-bond donors (Lipinski definition) is 1. The van der Waals surface area contributed by atoms with Crippen LogP contribution >= 0.6 is 0 Å². The van der Waals surface area contributed by atoms with Crippen molar-refractivity contribution in [1.82, 2.24) is 0 Å². The molecule has 0 atom stereocenters. The number of halogens is 2. The van der Waals surface area contributed by atoms with Crippen molar-refractivity contribution in [2.45, 2.75) is 4.90 Å². The van der Waals surface area contributed by atoms with E-state index >= 15 is 0 Å². The minimum Gasteiger partial charge on any atom is -0.225 e. The Kier molecular flexibility index (Phi) is 4.55. The third-order valence-electron chi connectivity index (χ3n) is 3.88. The molecule has 0 unspecified atom stereocenters. The van der Waals surface area contributed by atoms with Crippen molar-refractivity contribution in [3.05, 3.63) is 77.9 Å². The molecule has 0 aliphatic carbocycles. The van der Waals surface area contributed by atoms with Gasteiger partial charge in [0.25, 0.3) is 0 Å². The SMILES string of the molecule is N#Cc1ccc(-c2cc(F)c(F)cc2-c2ccc(S(N)(=O)=O)cc2)cc1. The molecule has 26 heavy (non-hydrogen) atoms. The van der Waals surface area contributed by atoms with Crippen molar-refractivity contribution in [1.29, 1.82) is 5.26 Å². The predicted octanol–water partition coefficient (Wildman–Crippen LogP) is 3.82. The molecule has 3 aromatic rings. The lowest BCUT2D eigenvalue weighted by Gasteiger charge is -2.12. The van der Waals surface area contributed by atoms with Gasteiger partial charge in [-0.1, -0.05) is 24.3 Å². The van der Waals surface area contributed by atoms with Crippen LogP contribution in [0.5, 0.6) is 0 Å². The van der Waals surface area contributed by atoms with E-state index in [2.05, 4.69) is 0 Å². The first-order chi connectivity index (χ1) is 12.3. The van der Waals surface area contributed by atoms with Crippen LogP contribution in [0.4, 0.5) is 8.78 Å². The maximum atomic E-state index is 13.8. The minimum absolute atomic E-state index is 0.0799. The molecule has 0 fully saturated rings. The summed E-state index contributed by atoms with van der Waals surface area (Å²) in [6.07, 6.45) is 0. The highest BCUT2D eigenvalue weighted by Gasteiger charge is 2.14. The number of sulfonamides is 1. The lowest BCUT2D eigenvalue weighted by molar-refractivity contribution is 0.509. The van der Waals surface area contributed by atoms with Gasteiger partial charge in [-0.2, -0.15) is 5.26 Å². The van der Waals surface area contributed by atoms with Crippen LogP contribution in [0.25, 0.3) is 22.3 Å². The van der Waals surface area contributed by atoms with Crippen molar-refractivity contribution < 1.29 is 17.2 Å². The molecule has 3 aromatic carbocycles. The van der Waals surface area contributed by atoms with Crippen molar-refractivity contribution in [2.75, 3.05) is 0 Å². The average molecular weight is 370 g/mol. The van der Waals surface area contributed by atoms with Crippen LogP contribution in [0.3, 0.4) is 0 Å². The molecule has 4 nitrogen and oxygen atoms in total. The van der Waals surface area contributed by atoms with E-state index in [9.17, 15) is 17.2 Å². The maximum absolute atomic E-state index is 13.8. The van der Waals surface area contributed by atoms with Gasteiger partial charge in [-0.3, -0.25) is 0 Å². The number of nitrogens with two attached hydrogens (primary N) is 1. The van der Waals surface area contributed by atoms with Crippen LogP contribution in [-0.2, 0) is 10.0 Å². The largest absolute Gasteiger partial charge is 0.238 e. The fourth-order valence-electron chi connectivity index (χ4n) is 2.57. The van der Waals surface area contributed by atoms with Crippen molar-refractivity contribution in [3.63, 3.8) is 0 Å². The molecule has 0 aromatic heterocycles. The first-order valence-corrected chi connectivity index (χ1v) is 8.97. The van der Waals surface area contributed by atoms with Crippen LogP contribution in [0, 0.1) is 23.0 Å². The molecule has 0 bridgehead atoms. The van der Waals surface area contributed by atoms with Gasteiger partial charge in [-0.15, -0.1) is 0 Å². The second-order valence-corrected chi connectivity index (χ2v) is 7.13. The smallest absolute Gasteiger partial charge is 0.225 e. The summed E-state index contributed by atoms with van der Waals surface area (Å²) < 4.78 is 50.4. The second-order valence-electron chi connectivity index (χ2n) is 5.57. The lowest BCUT2D eigenvalue weighted by Crippen LogP contribution is -2.11. The van der Waals surface area contributed by atoms with E-state index in [1.807, 2.05) is 6.07 Å². The van der Waals surface area contributed by atoms with Gasteiger partial charge in [0.05, 0.1) is 16.5 Å². The summed E-state index contributed by atoms with van der Waals surface area (Å²) in [5.41, 5.74) is 2.32. The number of benzene rings is 3. The molecule has 130 valence electrons. The Labute approximate surface area is 149 Å². The van der Waals surface area contributed by atoms with Crippen molar-refractivity contribution in [2.24, 2.45) is 5.14 Å². The predicted molar refractivity (Wildman–Crippen MR) is 93.3 cm³/mol. The molecule has 0 saturated heterocycles. The third-order valence-corrected chi connectivity index (χ3v) is 4.81. The Bertz CT molecular complexity index is 1120. The first kappa shape index (κ1) is 17.7. The highest BCUT2D eigenvalue weighted by molar-refractivity contribution is 7.89. The molecule has 0 heterocycles.